The number of aliphatic hydroxyl groups is 1. The van der Waals surface area contributed by atoms with E-state index < -0.39 is 6.10 Å². The first-order valence-electron chi connectivity index (χ1n) is 6.48. The van der Waals surface area contributed by atoms with Crippen LogP contribution in [0.25, 0.3) is 0 Å². The van der Waals surface area contributed by atoms with Crippen molar-refractivity contribution in [3.8, 4) is 11.8 Å². The minimum Gasteiger partial charge on any atom is -0.491 e. The SMILES string of the molecule is N#Cc1cccc(OCC(O)CNc2ccc(F)cc2)c1. The summed E-state index contributed by atoms with van der Waals surface area (Å²) in [7, 11) is 0. The van der Waals surface area contributed by atoms with Crippen molar-refractivity contribution in [2.24, 2.45) is 0 Å². The predicted molar refractivity (Wildman–Crippen MR) is 77.5 cm³/mol. The molecule has 0 fully saturated rings. The topological polar surface area (TPSA) is 65.3 Å². The first-order valence-corrected chi connectivity index (χ1v) is 6.48. The molecule has 2 aromatic rings. The summed E-state index contributed by atoms with van der Waals surface area (Å²) in [5.74, 6) is 0.233. The lowest BCUT2D eigenvalue weighted by molar-refractivity contribution is 0.117. The predicted octanol–water partition coefficient (Wildman–Crippen LogP) is 2.55. The van der Waals surface area contributed by atoms with Crippen molar-refractivity contribution in [3.63, 3.8) is 0 Å². The Labute approximate surface area is 122 Å². The summed E-state index contributed by atoms with van der Waals surface area (Å²) >= 11 is 0. The number of ether oxygens (including phenoxy) is 1. The molecular weight excluding hydrogens is 271 g/mol. The van der Waals surface area contributed by atoms with Gasteiger partial charge >= 0.3 is 0 Å². The van der Waals surface area contributed by atoms with Crippen molar-refractivity contribution in [1.82, 2.24) is 0 Å². The van der Waals surface area contributed by atoms with Gasteiger partial charge in [-0.3, -0.25) is 0 Å². The van der Waals surface area contributed by atoms with Crippen LogP contribution in [0.3, 0.4) is 0 Å². The number of hydrogen-bond acceptors (Lipinski definition) is 4. The van der Waals surface area contributed by atoms with Crippen molar-refractivity contribution in [1.29, 1.82) is 5.26 Å². The zero-order chi connectivity index (χ0) is 15.1. The summed E-state index contributed by atoms with van der Waals surface area (Å²) < 4.78 is 18.2. The summed E-state index contributed by atoms with van der Waals surface area (Å²) in [5.41, 5.74) is 1.23. The fraction of sp³-hybridized carbons (Fsp3) is 0.188. The summed E-state index contributed by atoms with van der Waals surface area (Å²) in [4.78, 5) is 0. The van der Waals surface area contributed by atoms with Gasteiger partial charge in [-0.1, -0.05) is 6.07 Å². The van der Waals surface area contributed by atoms with Gasteiger partial charge in [0.25, 0.3) is 0 Å². The number of nitrogens with one attached hydrogen (secondary N) is 1. The highest BCUT2D eigenvalue weighted by atomic mass is 19.1. The fourth-order valence-corrected chi connectivity index (χ4v) is 1.71. The molecule has 21 heavy (non-hydrogen) atoms. The van der Waals surface area contributed by atoms with Crippen molar-refractivity contribution in [2.75, 3.05) is 18.5 Å². The maximum Gasteiger partial charge on any atom is 0.123 e. The van der Waals surface area contributed by atoms with E-state index in [0.717, 1.165) is 5.69 Å². The summed E-state index contributed by atoms with van der Waals surface area (Å²) in [6.45, 7) is 0.382. The van der Waals surface area contributed by atoms with Gasteiger partial charge in [0, 0.05) is 12.2 Å². The zero-order valence-corrected chi connectivity index (χ0v) is 11.3. The van der Waals surface area contributed by atoms with Gasteiger partial charge in [0.1, 0.15) is 24.3 Å². The highest BCUT2D eigenvalue weighted by molar-refractivity contribution is 5.42. The molecule has 0 aromatic heterocycles. The van der Waals surface area contributed by atoms with Crippen molar-refractivity contribution in [2.45, 2.75) is 6.10 Å². The number of anilines is 1. The molecule has 0 aliphatic rings. The van der Waals surface area contributed by atoms with E-state index in [1.54, 1.807) is 36.4 Å². The molecule has 0 saturated heterocycles. The van der Waals surface area contributed by atoms with Gasteiger partial charge in [0.2, 0.25) is 0 Å². The number of nitrogens with zero attached hydrogens (tertiary/aromatic N) is 1. The maximum atomic E-state index is 12.7. The largest absolute Gasteiger partial charge is 0.491 e. The first kappa shape index (κ1) is 14.8. The fourth-order valence-electron chi connectivity index (χ4n) is 1.71. The molecule has 5 heteroatoms. The number of benzene rings is 2. The molecule has 2 N–H and O–H groups in total. The van der Waals surface area contributed by atoms with Crippen LogP contribution in [-0.4, -0.2) is 24.4 Å². The Kier molecular flexibility index (Phi) is 5.13. The number of halogens is 1. The Balaban J connectivity index is 1.78. The zero-order valence-electron chi connectivity index (χ0n) is 11.3. The molecule has 0 radical (unpaired) electrons. The lowest BCUT2D eigenvalue weighted by atomic mass is 10.2. The number of nitriles is 1. The average molecular weight is 286 g/mol. The third-order valence-electron chi connectivity index (χ3n) is 2.79. The van der Waals surface area contributed by atoms with Crippen LogP contribution in [0.2, 0.25) is 0 Å². The van der Waals surface area contributed by atoms with E-state index in [1.165, 1.54) is 12.1 Å². The standard InChI is InChI=1S/C16H15FN2O2/c17-13-4-6-14(7-5-13)19-10-15(20)11-21-16-3-1-2-12(8-16)9-18/h1-8,15,19-20H,10-11H2. The number of aliphatic hydroxyl groups excluding tert-OH is 1. The van der Waals surface area contributed by atoms with Gasteiger partial charge in [0.05, 0.1) is 11.6 Å². The normalized spacial score (nSPS) is 11.5. The van der Waals surface area contributed by atoms with E-state index >= 15 is 0 Å². The lowest BCUT2D eigenvalue weighted by Crippen LogP contribution is -2.26. The van der Waals surface area contributed by atoms with E-state index in [0.29, 0.717) is 11.3 Å². The van der Waals surface area contributed by atoms with Gasteiger partial charge in [-0.05, 0) is 42.5 Å². The van der Waals surface area contributed by atoms with Crippen LogP contribution < -0.4 is 10.1 Å². The van der Waals surface area contributed by atoms with Crippen LogP contribution >= 0.6 is 0 Å². The molecule has 1 unspecified atom stereocenters. The smallest absolute Gasteiger partial charge is 0.123 e. The number of rotatable bonds is 6. The quantitative estimate of drug-likeness (QED) is 0.856. The van der Waals surface area contributed by atoms with E-state index in [4.69, 9.17) is 10.00 Å². The molecule has 0 saturated carbocycles. The molecule has 108 valence electrons. The van der Waals surface area contributed by atoms with Crippen molar-refractivity contribution in [3.05, 3.63) is 59.9 Å². The first-order chi connectivity index (χ1) is 10.2. The van der Waals surface area contributed by atoms with Crippen molar-refractivity contribution < 1.29 is 14.2 Å². The Bertz CT molecular complexity index is 623. The van der Waals surface area contributed by atoms with Crippen molar-refractivity contribution >= 4 is 5.69 Å². The molecular formula is C16H15FN2O2. The second-order valence-corrected chi connectivity index (χ2v) is 4.49. The van der Waals surface area contributed by atoms with Crippen LogP contribution in [0.5, 0.6) is 5.75 Å². The molecule has 0 bridgehead atoms. The third kappa shape index (κ3) is 4.79. The Hall–Kier alpha value is -2.58. The minimum atomic E-state index is -0.721. The lowest BCUT2D eigenvalue weighted by Gasteiger charge is -2.14. The van der Waals surface area contributed by atoms with E-state index in [1.807, 2.05) is 6.07 Å². The van der Waals surface area contributed by atoms with Crippen LogP contribution in [0.1, 0.15) is 5.56 Å². The van der Waals surface area contributed by atoms with Crippen LogP contribution in [0.4, 0.5) is 10.1 Å². The molecule has 0 amide bonds. The van der Waals surface area contributed by atoms with Crippen LogP contribution in [-0.2, 0) is 0 Å². The maximum absolute atomic E-state index is 12.7. The molecule has 4 nitrogen and oxygen atoms in total. The van der Waals surface area contributed by atoms with Gasteiger partial charge in [0.15, 0.2) is 0 Å². The molecule has 0 spiro atoms. The minimum absolute atomic E-state index is 0.100. The van der Waals surface area contributed by atoms with Gasteiger partial charge < -0.3 is 15.2 Å². The molecule has 0 aliphatic heterocycles. The summed E-state index contributed by atoms with van der Waals surface area (Å²) in [6, 6.07) is 14.6. The van der Waals surface area contributed by atoms with E-state index in [9.17, 15) is 9.50 Å². The summed E-state index contributed by atoms with van der Waals surface area (Å²) in [6.07, 6.45) is -0.721. The molecule has 0 heterocycles. The molecule has 2 aromatic carbocycles. The van der Waals surface area contributed by atoms with E-state index in [-0.39, 0.29) is 19.0 Å². The third-order valence-corrected chi connectivity index (χ3v) is 2.79. The second-order valence-electron chi connectivity index (χ2n) is 4.49. The molecule has 0 aliphatic carbocycles. The van der Waals surface area contributed by atoms with Gasteiger partial charge in [-0.15, -0.1) is 0 Å². The Morgan fingerprint density at radius 2 is 2.00 bits per heavy atom. The average Bonchev–Trinajstić information content (AvgIpc) is 2.52. The number of hydrogen-bond donors (Lipinski definition) is 2. The van der Waals surface area contributed by atoms with E-state index in [2.05, 4.69) is 5.32 Å². The molecule has 1 atom stereocenters. The van der Waals surface area contributed by atoms with Gasteiger partial charge in [-0.25, -0.2) is 4.39 Å². The molecule has 2 rings (SSSR count). The Morgan fingerprint density at radius 1 is 1.24 bits per heavy atom. The highest BCUT2D eigenvalue weighted by Crippen LogP contribution is 2.13. The summed E-state index contributed by atoms with van der Waals surface area (Å²) in [5, 5.41) is 21.6. The van der Waals surface area contributed by atoms with Gasteiger partial charge in [-0.2, -0.15) is 5.26 Å². The highest BCUT2D eigenvalue weighted by Gasteiger charge is 2.06. The Morgan fingerprint density at radius 3 is 2.71 bits per heavy atom. The monoisotopic (exact) mass is 286 g/mol. The van der Waals surface area contributed by atoms with Crippen LogP contribution in [0.15, 0.2) is 48.5 Å². The van der Waals surface area contributed by atoms with Crippen LogP contribution in [0, 0.1) is 17.1 Å². The second kappa shape index (κ2) is 7.27.